The van der Waals surface area contributed by atoms with E-state index >= 15 is 0 Å². The average molecular weight is 610 g/mol. The van der Waals surface area contributed by atoms with Crippen LogP contribution in [0.3, 0.4) is 0 Å². The molecule has 1 amide bonds. The van der Waals surface area contributed by atoms with E-state index in [0.717, 1.165) is 49.9 Å². The molecule has 0 aromatic carbocycles. The van der Waals surface area contributed by atoms with Crippen molar-refractivity contribution in [1.29, 1.82) is 0 Å². The Morgan fingerprint density at radius 3 is 2.07 bits per heavy atom. The van der Waals surface area contributed by atoms with Gasteiger partial charge in [0, 0.05) is 43.0 Å². The molecular formula is C32H38Cl2N6O2. The van der Waals surface area contributed by atoms with Crippen LogP contribution in [-0.2, 0) is 13.6 Å². The summed E-state index contributed by atoms with van der Waals surface area (Å²) in [5.41, 5.74) is 4.00. The zero-order chi connectivity index (χ0) is 30.6. The molecule has 0 saturated carbocycles. The molecule has 2 aliphatic carbocycles. The topological polar surface area (TPSA) is 80.1 Å². The van der Waals surface area contributed by atoms with Crippen molar-refractivity contribution in [2.75, 3.05) is 13.6 Å². The third-order valence-corrected chi connectivity index (χ3v) is 7.97. The fourth-order valence-electron chi connectivity index (χ4n) is 4.93. The lowest BCUT2D eigenvalue weighted by atomic mass is 9.92. The smallest absolute Gasteiger partial charge is 0.360 e. The van der Waals surface area contributed by atoms with Crippen LogP contribution in [0.5, 0.6) is 0 Å². The van der Waals surface area contributed by atoms with E-state index in [9.17, 15) is 9.90 Å². The largest absolute Gasteiger partial charge is 0.856 e. The number of carbonyl (C=O) groups is 1. The van der Waals surface area contributed by atoms with Gasteiger partial charge in [0.15, 0.2) is 0 Å². The van der Waals surface area contributed by atoms with E-state index in [1.165, 1.54) is 0 Å². The Morgan fingerprint density at radius 1 is 0.905 bits per heavy atom. The molecule has 8 nitrogen and oxygen atoms in total. The number of carbonyl (C=O) groups excluding carboxylic acids is 1. The first-order chi connectivity index (χ1) is 20.0. The highest BCUT2D eigenvalue weighted by atomic mass is 35.5. The first-order valence-electron chi connectivity index (χ1n) is 14.3. The van der Waals surface area contributed by atoms with Crippen LogP contribution in [0.2, 0.25) is 0 Å². The van der Waals surface area contributed by atoms with Crippen LogP contribution in [0.25, 0.3) is 0 Å². The van der Waals surface area contributed by atoms with Gasteiger partial charge in [0.25, 0.3) is 0 Å². The fourth-order valence-corrected chi connectivity index (χ4v) is 5.45. The van der Waals surface area contributed by atoms with Crippen LogP contribution >= 0.6 is 23.2 Å². The molecule has 1 aromatic heterocycles. The average Bonchev–Trinajstić information content (AvgIpc) is 3.51. The predicted molar refractivity (Wildman–Crippen MR) is 168 cm³/mol. The zero-order valence-electron chi connectivity index (χ0n) is 25.1. The highest BCUT2D eigenvalue weighted by molar-refractivity contribution is 6.38. The van der Waals surface area contributed by atoms with Crippen molar-refractivity contribution < 1.29 is 14.5 Å². The third kappa shape index (κ3) is 6.71. The van der Waals surface area contributed by atoms with E-state index in [2.05, 4.69) is 23.8 Å². The molecule has 0 radical (unpaired) electrons. The monoisotopic (exact) mass is 608 g/mol. The summed E-state index contributed by atoms with van der Waals surface area (Å²) in [5, 5.41) is 14.0. The highest BCUT2D eigenvalue weighted by Crippen LogP contribution is 2.35. The maximum atomic E-state index is 13.2. The van der Waals surface area contributed by atoms with Gasteiger partial charge in [-0.3, -0.25) is 9.79 Å². The van der Waals surface area contributed by atoms with Crippen molar-refractivity contribution in [3.63, 3.8) is 0 Å². The molecule has 0 spiro atoms. The molecule has 10 heteroatoms. The molecule has 0 N–H and O–H groups in total. The number of amides is 1. The number of aryl methyl sites for hydroxylation is 2. The molecule has 1 aliphatic heterocycles. The molecular weight excluding hydrogens is 571 g/mol. The third-order valence-electron chi connectivity index (χ3n) is 7.35. The number of nitrogens with zero attached hydrogens (tertiary/aromatic N) is 6. The molecule has 0 fully saturated rings. The molecule has 42 heavy (non-hydrogen) atoms. The van der Waals surface area contributed by atoms with E-state index in [1.807, 2.05) is 74.4 Å². The molecule has 2 heterocycles. The maximum absolute atomic E-state index is 13.2. The van der Waals surface area contributed by atoms with Crippen molar-refractivity contribution in [3.8, 4) is 0 Å². The Hall–Kier alpha value is -3.62. The summed E-state index contributed by atoms with van der Waals surface area (Å²) < 4.78 is 3.72. The Morgan fingerprint density at radius 2 is 1.48 bits per heavy atom. The molecule has 222 valence electrons. The van der Waals surface area contributed by atoms with Crippen molar-refractivity contribution >= 4 is 40.5 Å². The second-order valence-electron chi connectivity index (χ2n) is 10.6. The van der Waals surface area contributed by atoms with E-state index < -0.39 is 0 Å². The van der Waals surface area contributed by atoms with E-state index in [4.69, 9.17) is 23.2 Å². The SMILES string of the molecule is CCCCN1C=CN(C)C1=C([O-])N=C1C=C(Cl)C(=C2C=C(C)C(=NC(=O)c3n(CCCC)cc[n+]3C)C=C2Cl)C=C1C. The highest BCUT2D eigenvalue weighted by Gasteiger charge is 2.26. The molecule has 0 saturated heterocycles. The van der Waals surface area contributed by atoms with Crippen LogP contribution in [0, 0.1) is 0 Å². The van der Waals surface area contributed by atoms with Gasteiger partial charge in [0.2, 0.25) is 0 Å². The Balaban J connectivity index is 1.63. The Labute approximate surface area is 258 Å². The van der Waals surface area contributed by atoms with E-state index in [0.29, 0.717) is 44.3 Å². The minimum Gasteiger partial charge on any atom is -0.856 e. The van der Waals surface area contributed by atoms with Crippen LogP contribution in [-0.4, -0.2) is 45.3 Å². The first kappa shape index (κ1) is 31.3. The van der Waals surface area contributed by atoms with E-state index in [1.54, 1.807) is 21.6 Å². The van der Waals surface area contributed by atoms with Gasteiger partial charge < -0.3 is 14.9 Å². The van der Waals surface area contributed by atoms with Crippen molar-refractivity contribution in [2.24, 2.45) is 17.0 Å². The van der Waals surface area contributed by atoms with Gasteiger partial charge >= 0.3 is 11.7 Å². The second-order valence-corrected chi connectivity index (χ2v) is 11.4. The number of hydrogen-bond acceptors (Lipinski definition) is 5. The van der Waals surface area contributed by atoms with Gasteiger partial charge in [-0.05, 0) is 62.1 Å². The first-order valence-corrected chi connectivity index (χ1v) is 15.0. The summed E-state index contributed by atoms with van der Waals surface area (Å²) in [4.78, 5) is 25.7. The number of aliphatic imine (C=N–C) groups is 2. The van der Waals surface area contributed by atoms with Gasteiger partial charge in [-0.1, -0.05) is 49.9 Å². The maximum Gasteiger partial charge on any atom is 0.360 e. The fraction of sp³-hybridized carbons (Fsp3) is 0.375. The van der Waals surface area contributed by atoms with Gasteiger partial charge in [-0.2, -0.15) is 0 Å². The van der Waals surface area contributed by atoms with Gasteiger partial charge in [-0.15, -0.1) is 0 Å². The summed E-state index contributed by atoms with van der Waals surface area (Å²) in [5.74, 6) is 0.372. The minimum atomic E-state index is -0.329. The predicted octanol–water partition coefficient (Wildman–Crippen LogP) is 5.60. The van der Waals surface area contributed by atoms with Gasteiger partial charge in [0.1, 0.15) is 18.2 Å². The number of rotatable bonds is 8. The standard InChI is InChI=1S/C32H38Cl2N6O2/c1-7-9-11-39-15-13-37(5)31(39)29(41)35-27-19-25(33)23(17-21(27)3)24-18-22(4)28(20-26(24)34)36-30(42)32-38(6)14-16-40(32)12-10-8-2/h13-20H,7-12H2,1-6H3. The summed E-state index contributed by atoms with van der Waals surface area (Å²) in [6, 6.07) is 0. The number of halogens is 2. The summed E-state index contributed by atoms with van der Waals surface area (Å²) in [6.07, 6.45) is 18.7. The Kier molecular flexibility index (Phi) is 10.1. The number of aromatic nitrogens is 2. The molecule has 1 aromatic rings. The molecule has 0 bridgehead atoms. The second kappa shape index (κ2) is 13.6. The lowest BCUT2D eigenvalue weighted by Crippen LogP contribution is -2.35. The number of unbranched alkanes of at least 4 members (excludes halogenated alkanes) is 2. The van der Waals surface area contributed by atoms with Crippen LogP contribution in [0.4, 0.5) is 0 Å². The van der Waals surface area contributed by atoms with Crippen LogP contribution in [0.1, 0.15) is 64.0 Å². The summed E-state index contributed by atoms with van der Waals surface area (Å²) in [7, 11) is 3.68. The zero-order valence-corrected chi connectivity index (χ0v) is 26.6. The number of hydrogen-bond donors (Lipinski definition) is 0. The normalized spacial score (nSPS) is 22.1. The van der Waals surface area contributed by atoms with Crippen LogP contribution in [0.15, 0.2) is 103 Å². The van der Waals surface area contributed by atoms with Gasteiger partial charge in [-0.25, -0.2) is 14.1 Å². The number of allylic oxidation sites excluding steroid dienone is 10. The van der Waals surface area contributed by atoms with Crippen LogP contribution < -0.4 is 9.67 Å². The molecule has 0 unspecified atom stereocenters. The summed E-state index contributed by atoms with van der Waals surface area (Å²) in [6.45, 7) is 9.51. The summed E-state index contributed by atoms with van der Waals surface area (Å²) >= 11 is 13.5. The van der Waals surface area contributed by atoms with Gasteiger partial charge in [0.05, 0.1) is 35.1 Å². The Bertz CT molecular complexity index is 1550. The number of imidazole rings is 1. The van der Waals surface area contributed by atoms with Crippen molar-refractivity contribution in [1.82, 2.24) is 14.4 Å². The lowest BCUT2D eigenvalue weighted by Gasteiger charge is -2.27. The quantitative estimate of drug-likeness (QED) is 0.284. The lowest BCUT2D eigenvalue weighted by molar-refractivity contribution is -0.673. The van der Waals surface area contributed by atoms with Crippen molar-refractivity contribution in [3.05, 3.63) is 99.0 Å². The molecule has 0 atom stereocenters. The minimum absolute atomic E-state index is 0.329. The molecule has 3 aliphatic rings. The molecule has 4 rings (SSSR count). The van der Waals surface area contributed by atoms with Crippen molar-refractivity contribution in [2.45, 2.75) is 59.9 Å². The van der Waals surface area contributed by atoms with E-state index in [-0.39, 0.29) is 11.8 Å².